The van der Waals surface area contributed by atoms with Crippen LogP contribution < -0.4 is 10.1 Å². The smallest absolute Gasteiger partial charge is 0.242 e. The van der Waals surface area contributed by atoms with Crippen LogP contribution in [0.25, 0.3) is 0 Å². The fourth-order valence-electron chi connectivity index (χ4n) is 3.53. The van der Waals surface area contributed by atoms with Gasteiger partial charge in [0.2, 0.25) is 5.91 Å². The van der Waals surface area contributed by atoms with E-state index in [0.29, 0.717) is 12.5 Å². The SMILES string of the molecule is COc1cccc(C2CCN(C(=O)[C@H]3NCCO[C@@H]3C)CC2)c1.Cl. The number of methoxy groups -OCH3 is 1. The Morgan fingerprint density at radius 3 is 2.75 bits per heavy atom. The lowest BCUT2D eigenvalue weighted by molar-refractivity contribution is -0.140. The first-order valence-corrected chi connectivity index (χ1v) is 8.47. The summed E-state index contributed by atoms with van der Waals surface area (Å²) < 4.78 is 10.9. The van der Waals surface area contributed by atoms with Gasteiger partial charge >= 0.3 is 0 Å². The maximum Gasteiger partial charge on any atom is 0.242 e. The fraction of sp³-hybridized carbons (Fsp3) is 0.611. The summed E-state index contributed by atoms with van der Waals surface area (Å²) >= 11 is 0. The number of nitrogens with one attached hydrogen (secondary N) is 1. The molecule has 2 heterocycles. The summed E-state index contributed by atoms with van der Waals surface area (Å²) in [5.41, 5.74) is 1.31. The van der Waals surface area contributed by atoms with Crippen LogP contribution in [0.4, 0.5) is 0 Å². The maximum absolute atomic E-state index is 12.7. The molecule has 2 fully saturated rings. The molecule has 1 aromatic carbocycles. The zero-order valence-electron chi connectivity index (χ0n) is 14.4. The lowest BCUT2D eigenvalue weighted by Gasteiger charge is -2.37. The molecule has 0 saturated carbocycles. The van der Waals surface area contributed by atoms with E-state index in [1.165, 1.54) is 5.56 Å². The first-order chi connectivity index (χ1) is 11.2. The lowest BCUT2D eigenvalue weighted by atomic mass is 9.89. The van der Waals surface area contributed by atoms with Crippen LogP contribution in [0, 0.1) is 0 Å². The van der Waals surface area contributed by atoms with Crippen LogP contribution in [0.2, 0.25) is 0 Å². The Balaban J connectivity index is 0.00000208. The molecule has 1 N–H and O–H groups in total. The molecular formula is C18H27ClN2O3. The molecule has 2 aliphatic heterocycles. The van der Waals surface area contributed by atoms with E-state index in [9.17, 15) is 4.79 Å². The largest absolute Gasteiger partial charge is 0.497 e. The molecule has 3 rings (SSSR count). The van der Waals surface area contributed by atoms with Crippen molar-refractivity contribution in [3.8, 4) is 5.75 Å². The minimum atomic E-state index is -0.197. The van der Waals surface area contributed by atoms with Gasteiger partial charge in [0.1, 0.15) is 11.8 Å². The van der Waals surface area contributed by atoms with Gasteiger partial charge in [-0.2, -0.15) is 0 Å². The molecule has 0 bridgehead atoms. The van der Waals surface area contributed by atoms with Gasteiger partial charge in [0.15, 0.2) is 0 Å². The van der Waals surface area contributed by atoms with Crippen LogP contribution in [-0.4, -0.2) is 56.3 Å². The van der Waals surface area contributed by atoms with Gasteiger partial charge in [-0.25, -0.2) is 0 Å². The zero-order chi connectivity index (χ0) is 16.2. The molecule has 0 spiro atoms. The molecule has 134 valence electrons. The number of carbonyl (C=O) groups excluding carboxylic acids is 1. The van der Waals surface area contributed by atoms with Gasteiger partial charge in [-0.3, -0.25) is 4.79 Å². The van der Waals surface area contributed by atoms with E-state index in [0.717, 1.165) is 38.2 Å². The third-order valence-corrected chi connectivity index (χ3v) is 4.95. The van der Waals surface area contributed by atoms with Crippen molar-refractivity contribution >= 4 is 18.3 Å². The van der Waals surface area contributed by atoms with E-state index in [2.05, 4.69) is 17.4 Å². The fourth-order valence-corrected chi connectivity index (χ4v) is 3.53. The normalized spacial score (nSPS) is 25.0. The lowest BCUT2D eigenvalue weighted by Crippen LogP contribution is -2.57. The second-order valence-corrected chi connectivity index (χ2v) is 6.38. The molecule has 0 unspecified atom stereocenters. The number of amides is 1. The highest BCUT2D eigenvalue weighted by molar-refractivity contribution is 5.85. The predicted octanol–water partition coefficient (Wildman–Crippen LogP) is 2.20. The van der Waals surface area contributed by atoms with Gasteiger partial charge in [0.05, 0.1) is 19.8 Å². The van der Waals surface area contributed by atoms with E-state index in [1.54, 1.807) is 7.11 Å². The number of piperidine rings is 1. The average molecular weight is 355 g/mol. The molecule has 1 aromatic rings. The van der Waals surface area contributed by atoms with Crippen molar-refractivity contribution in [2.45, 2.75) is 37.8 Å². The van der Waals surface area contributed by atoms with Gasteiger partial charge in [0.25, 0.3) is 0 Å². The average Bonchev–Trinajstić information content (AvgIpc) is 2.62. The van der Waals surface area contributed by atoms with Gasteiger partial charge in [-0.15, -0.1) is 12.4 Å². The number of rotatable bonds is 3. The van der Waals surface area contributed by atoms with Gasteiger partial charge in [-0.05, 0) is 43.4 Å². The standard InChI is InChI=1S/C18H26N2O3.ClH/c1-13-17(19-8-11-23-13)18(21)20-9-6-14(7-10-20)15-4-3-5-16(12-15)22-2;/h3-5,12-14,17,19H,6-11H2,1-2H3;1H/t13-,17+;/m1./s1. The second kappa shape index (κ2) is 8.70. The highest BCUT2D eigenvalue weighted by Crippen LogP contribution is 2.30. The quantitative estimate of drug-likeness (QED) is 0.904. The Morgan fingerprint density at radius 1 is 1.33 bits per heavy atom. The minimum absolute atomic E-state index is 0. The molecule has 0 aliphatic carbocycles. The molecule has 0 aromatic heterocycles. The molecule has 6 heteroatoms. The minimum Gasteiger partial charge on any atom is -0.497 e. The van der Waals surface area contributed by atoms with Crippen LogP contribution in [0.5, 0.6) is 5.75 Å². The number of ether oxygens (including phenoxy) is 2. The third-order valence-electron chi connectivity index (χ3n) is 4.95. The summed E-state index contributed by atoms with van der Waals surface area (Å²) in [5, 5.41) is 3.29. The highest BCUT2D eigenvalue weighted by Gasteiger charge is 2.33. The van der Waals surface area contributed by atoms with Crippen LogP contribution >= 0.6 is 12.4 Å². The van der Waals surface area contributed by atoms with Crippen LogP contribution in [0.15, 0.2) is 24.3 Å². The van der Waals surface area contributed by atoms with E-state index in [-0.39, 0.29) is 30.5 Å². The Bertz CT molecular complexity index is 547. The van der Waals surface area contributed by atoms with Crippen molar-refractivity contribution in [1.82, 2.24) is 10.2 Å². The summed E-state index contributed by atoms with van der Waals surface area (Å²) in [6.07, 6.45) is 1.95. The van der Waals surface area contributed by atoms with E-state index in [4.69, 9.17) is 9.47 Å². The molecule has 1 amide bonds. The van der Waals surface area contributed by atoms with Gasteiger partial charge in [-0.1, -0.05) is 12.1 Å². The monoisotopic (exact) mass is 354 g/mol. The molecule has 2 aliphatic rings. The summed E-state index contributed by atoms with van der Waals surface area (Å²) in [5.74, 6) is 1.59. The Morgan fingerprint density at radius 2 is 2.08 bits per heavy atom. The van der Waals surface area contributed by atoms with Crippen molar-refractivity contribution in [2.24, 2.45) is 0 Å². The predicted molar refractivity (Wildman–Crippen MR) is 96.0 cm³/mol. The highest BCUT2D eigenvalue weighted by atomic mass is 35.5. The number of nitrogens with zero attached hydrogens (tertiary/aromatic N) is 1. The van der Waals surface area contributed by atoms with Gasteiger partial charge < -0.3 is 19.7 Å². The maximum atomic E-state index is 12.7. The van der Waals surface area contributed by atoms with Crippen molar-refractivity contribution < 1.29 is 14.3 Å². The molecule has 24 heavy (non-hydrogen) atoms. The van der Waals surface area contributed by atoms with Crippen molar-refractivity contribution in [2.75, 3.05) is 33.4 Å². The Kier molecular flexibility index (Phi) is 6.90. The number of benzene rings is 1. The first kappa shape index (κ1) is 19.0. The summed E-state index contributed by atoms with van der Waals surface area (Å²) in [7, 11) is 1.70. The summed E-state index contributed by atoms with van der Waals surface area (Å²) in [4.78, 5) is 14.7. The molecule has 0 radical (unpaired) electrons. The number of carbonyl (C=O) groups is 1. The molecular weight excluding hydrogens is 328 g/mol. The van der Waals surface area contributed by atoms with E-state index in [1.807, 2.05) is 24.0 Å². The van der Waals surface area contributed by atoms with Gasteiger partial charge in [0, 0.05) is 19.6 Å². The molecule has 2 atom stereocenters. The van der Waals surface area contributed by atoms with Crippen LogP contribution in [0.3, 0.4) is 0 Å². The van der Waals surface area contributed by atoms with Crippen molar-refractivity contribution in [3.63, 3.8) is 0 Å². The number of hydrogen-bond acceptors (Lipinski definition) is 4. The van der Waals surface area contributed by atoms with E-state index < -0.39 is 0 Å². The van der Waals surface area contributed by atoms with Crippen molar-refractivity contribution in [1.29, 1.82) is 0 Å². The topological polar surface area (TPSA) is 50.8 Å². The number of likely N-dealkylation sites (tertiary alicyclic amines) is 1. The molecule has 5 nitrogen and oxygen atoms in total. The summed E-state index contributed by atoms with van der Waals surface area (Å²) in [6, 6.07) is 8.08. The number of morpholine rings is 1. The zero-order valence-corrected chi connectivity index (χ0v) is 15.2. The number of hydrogen-bond donors (Lipinski definition) is 1. The first-order valence-electron chi connectivity index (χ1n) is 8.47. The van der Waals surface area contributed by atoms with Crippen molar-refractivity contribution in [3.05, 3.63) is 29.8 Å². The van der Waals surface area contributed by atoms with Crippen LogP contribution in [-0.2, 0) is 9.53 Å². The van der Waals surface area contributed by atoms with E-state index >= 15 is 0 Å². The summed E-state index contributed by atoms with van der Waals surface area (Å²) in [6.45, 7) is 5.03. The van der Waals surface area contributed by atoms with Crippen LogP contribution in [0.1, 0.15) is 31.2 Å². The Hall–Kier alpha value is -1.30. The number of halogens is 1. The Labute approximate surface area is 150 Å². The third kappa shape index (κ3) is 4.21. The second-order valence-electron chi connectivity index (χ2n) is 6.38. The molecule has 2 saturated heterocycles.